The van der Waals surface area contributed by atoms with E-state index in [-0.39, 0.29) is 0 Å². The molecule has 1 aromatic heterocycles. The summed E-state index contributed by atoms with van der Waals surface area (Å²) >= 11 is 3.57. The second kappa shape index (κ2) is 4.32. The third-order valence-corrected chi connectivity index (χ3v) is 6.36. The van der Waals surface area contributed by atoms with E-state index in [0.29, 0.717) is 18.0 Å². The number of halogens is 1. The fourth-order valence-corrected chi connectivity index (χ4v) is 5.11. The SMILES string of the molecule is NC1C2CCC(C2)C1c1nc2cc(Br)ccc2n1C1CC1. The second-order valence-corrected chi connectivity index (χ2v) is 8.06. The van der Waals surface area contributed by atoms with E-state index in [2.05, 4.69) is 38.7 Å². The van der Waals surface area contributed by atoms with Gasteiger partial charge in [-0.3, -0.25) is 0 Å². The van der Waals surface area contributed by atoms with Crippen molar-refractivity contribution in [2.45, 2.75) is 50.1 Å². The molecule has 3 aliphatic rings. The van der Waals surface area contributed by atoms with Gasteiger partial charge in [0.2, 0.25) is 0 Å². The summed E-state index contributed by atoms with van der Waals surface area (Å²) in [4.78, 5) is 5.04. The standard InChI is InChI=1S/C17H20BrN3/c18-11-3-6-14-13(8-11)20-17(21(14)12-4-5-12)15-9-1-2-10(7-9)16(15)19/h3,6,8-10,12,15-16H,1-2,4-5,7,19H2. The van der Waals surface area contributed by atoms with Crippen LogP contribution < -0.4 is 5.73 Å². The van der Waals surface area contributed by atoms with E-state index in [0.717, 1.165) is 21.8 Å². The highest BCUT2D eigenvalue weighted by molar-refractivity contribution is 9.10. The van der Waals surface area contributed by atoms with Crippen molar-refractivity contribution in [3.63, 3.8) is 0 Å². The van der Waals surface area contributed by atoms with Crippen LogP contribution in [0.15, 0.2) is 22.7 Å². The van der Waals surface area contributed by atoms with Gasteiger partial charge >= 0.3 is 0 Å². The van der Waals surface area contributed by atoms with Crippen molar-refractivity contribution >= 4 is 27.0 Å². The summed E-state index contributed by atoms with van der Waals surface area (Å²) in [6.07, 6.45) is 6.59. The Kier molecular flexibility index (Phi) is 2.61. The lowest BCUT2D eigenvalue weighted by atomic mass is 9.84. The Hall–Kier alpha value is -0.870. The first kappa shape index (κ1) is 12.7. The lowest BCUT2D eigenvalue weighted by Crippen LogP contribution is -2.35. The molecule has 110 valence electrons. The Balaban J connectivity index is 1.70. The van der Waals surface area contributed by atoms with Crippen LogP contribution in [0.1, 0.15) is 49.9 Å². The molecule has 0 amide bonds. The van der Waals surface area contributed by atoms with Crippen molar-refractivity contribution < 1.29 is 0 Å². The van der Waals surface area contributed by atoms with Gasteiger partial charge < -0.3 is 10.3 Å². The summed E-state index contributed by atoms with van der Waals surface area (Å²) in [5.41, 5.74) is 9.00. The molecule has 0 spiro atoms. The predicted molar refractivity (Wildman–Crippen MR) is 87.3 cm³/mol. The zero-order valence-electron chi connectivity index (χ0n) is 12.0. The Labute approximate surface area is 133 Å². The van der Waals surface area contributed by atoms with Gasteiger partial charge in [-0.05, 0) is 62.1 Å². The molecule has 2 N–H and O–H groups in total. The van der Waals surface area contributed by atoms with E-state index in [1.54, 1.807) is 0 Å². The minimum Gasteiger partial charge on any atom is -0.327 e. The fraction of sp³-hybridized carbons (Fsp3) is 0.588. The number of hydrogen-bond acceptors (Lipinski definition) is 2. The van der Waals surface area contributed by atoms with Crippen LogP contribution in [0.2, 0.25) is 0 Å². The normalized spacial score (nSPS) is 35.0. The van der Waals surface area contributed by atoms with Crippen LogP contribution >= 0.6 is 15.9 Å². The van der Waals surface area contributed by atoms with Gasteiger partial charge in [-0.1, -0.05) is 15.9 Å². The van der Waals surface area contributed by atoms with Gasteiger partial charge in [-0.25, -0.2) is 4.98 Å². The van der Waals surface area contributed by atoms with Crippen LogP contribution in [-0.2, 0) is 0 Å². The summed E-state index contributed by atoms with van der Waals surface area (Å²) in [6, 6.07) is 7.48. The topological polar surface area (TPSA) is 43.8 Å². The molecule has 2 bridgehead atoms. The number of benzene rings is 1. The summed E-state index contributed by atoms with van der Waals surface area (Å²) in [6.45, 7) is 0. The molecule has 2 aromatic rings. The van der Waals surface area contributed by atoms with Crippen molar-refractivity contribution in [2.24, 2.45) is 17.6 Å². The highest BCUT2D eigenvalue weighted by atomic mass is 79.9. The minimum atomic E-state index is 0.321. The quantitative estimate of drug-likeness (QED) is 0.894. The van der Waals surface area contributed by atoms with Crippen LogP contribution in [0.3, 0.4) is 0 Å². The Morgan fingerprint density at radius 1 is 1.14 bits per heavy atom. The number of nitrogens with zero attached hydrogens (tertiary/aromatic N) is 2. The van der Waals surface area contributed by atoms with Gasteiger partial charge in [-0.2, -0.15) is 0 Å². The lowest BCUT2D eigenvalue weighted by Gasteiger charge is -2.28. The minimum absolute atomic E-state index is 0.321. The van der Waals surface area contributed by atoms with Crippen LogP contribution in [0, 0.1) is 11.8 Å². The molecule has 4 heteroatoms. The average molecular weight is 346 g/mol. The van der Waals surface area contributed by atoms with E-state index in [4.69, 9.17) is 10.7 Å². The van der Waals surface area contributed by atoms with Gasteiger partial charge in [0.25, 0.3) is 0 Å². The molecule has 3 fully saturated rings. The molecule has 5 rings (SSSR count). The highest BCUT2D eigenvalue weighted by Gasteiger charge is 2.49. The third kappa shape index (κ3) is 1.78. The van der Waals surface area contributed by atoms with Crippen LogP contribution in [0.5, 0.6) is 0 Å². The number of imidazole rings is 1. The van der Waals surface area contributed by atoms with Crippen LogP contribution in [0.4, 0.5) is 0 Å². The van der Waals surface area contributed by atoms with Gasteiger partial charge in [-0.15, -0.1) is 0 Å². The fourth-order valence-electron chi connectivity index (χ4n) is 4.76. The number of hydrogen-bond donors (Lipinski definition) is 1. The third-order valence-electron chi connectivity index (χ3n) is 5.87. The summed E-state index contributed by atoms with van der Waals surface area (Å²) in [5.74, 6) is 3.27. The highest BCUT2D eigenvalue weighted by Crippen LogP contribution is 2.53. The molecule has 21 heavy (non-hydrogen) atoms. The molecule has 3 nitrogen and oxygen atoms in total. The van der Waals surface area contributed by atoms with Crippen molar-refractivity contribution in [2.75, 3.05) is 0 Å². The molecular formula is C17H20BrN3. The molecule has 0 aliphatic heterocycles. The maximum Gasteiger partial charge on any atom is 0.115 e. The lowest BCUT2D eigenvalue weighted by molar-refractivity contribution is 0.347. The van der Waals surface area contributed by atoms with Gasteiger partial charge in [0.1, 0.15) is 5.82 Å². The Morgan fingerprint density at radius 3 is 2.67 bits per heavy atom. The van der Waals surface area contributed by atoms with E-state index >= 15 is 0 Å². The van der Waals surface area contributed by atoms with Gasteiger partial charge in [0.05, 0.1) is 11.0 Å². The van der Waals surface area contributed by atoms with E-state index in [9.17, 15) is 0 Å². The maximum absolute atomic E-state index is 6.57. The molecule has 1 aromatic carbocycles. The number of rotatable bonds is 2. The largest absolute Gasteiger partial charge is 0.327 e. The van der Waals surface area contributed by atoms with Gasteiger partial charge in [0.15, 0.2) is 0 Å². The smallest absolute Gasteiger partial charge is 0.115 e. The molecule has 4 atom stereocenters. The van der Waals surface area contributed by atoms with Crippen molar-refractivity contribution in [3.8, 4) is 0 Å². The molecule has 3 aliphatic carbocycles. The molecule has 0 radical (unpaired) electrons. The van der Waals surface area contributed by atoms with E-state index in [1.807, 2.05) is 0 Å². The number of nitrogens with two attached hydrogens (primary N) is 1. The number of fused-ring (bicyclic) bond motifs is 3. The van der Waals surface area contributed by atoms with E-state index < -0.39 is 0 Å². The average Bonchev–Trinajstić information content (AvgIpc) is 2.95. The predicted octanol–water partition coefficient (Wildman–Crippen LogP) is 3.97. The van der Waals surface area contributed by atoms with Crippen LogP contribution in [0.25, 0.3) is 11.0 Å². The van der Waals surface area contributed by atoms with E-state index in [1.165, 1.54) is 43.4 Å². The second-order valence-electron chi connectivity index (χ2n) is 7.14. The summed E-state index contributed by atoms with van der Waals surface area (Å²) in [7, 11) is 0. The Morgan fingerprint density at radius 2 is 1.95 bits per heavy atom. The zero-order valence-corrected chi connectivity index (χ0v) is 13.6. The molecule has 0 saturated heterocycles. The summed E-state index contributed by atoms with van der Waals surface area (Å²) in [5, 5.41) is 0. The Bertz CT molecular complexity index is 716. The van der Waals surface area contributed by atoms with Crippen molar-refractivity contribution in [1.82, 2.24) is 9.55 Å². The molecule has 1 heterocycles. The molecule has 3 saturated carbocycles. The maximum atomic E-state index is 6.57. The first-order valence-corrected chi connectivity index (χ1v) is 8.94. The van der Waals surface area contributed by atoms with Crippen molar-refractivity contribution in [3.05, 3.63) is 28.5 Å². The monoisotopic (exact) mass is 345 g/mol. The molecule has 4 unspecified atom stereocenters. The first-order valence-electron chi connectivity index (χ1n) is 8.15. The zero-order chi connectivity index (χ0) is 14.1. The molecular weight excluding hydrogens is 326 g/mol. The summed E-state index contributed by atoms with van der Waals surface area (Å²) < 4.78 is 3.63. The van der Waals surface area contributed by atoms with Gasteiger partial charge in [0, 0.05) is 22.5 Å². The van der Waals surface area contributed by atoms with Crippen molar-refractivity contribution in [1.29, 1.82) is 0 Å². The first-order chi connectivity index (χ1) is 10.2. The number of aromatic nitrogens is 2. The van der Waals surface area contributed by atoms with Crippen LogP contribution in [-0.4, -0.2) is 15.6 Å².